The third-order valence-electron chi connectivity index (χ3n) is 3.09. The summed E-state index contributed by atoms with van der Waals surface area (Å²) in [5.41, 5.74) is 7.19. The van der Waals surface area contributed by atoms with Gasteiger partial charge in [-0.25, -0.2) is 4.98 Å². The number of nitrogen functional groups attached to an aromatic ring is 1. The highest BCUT2D eigenvalue weighted by Crippen LogP contribution is 2.33. The number of hydrogen-bond donors (Lipinski definition) is 1. The van der Waals surface area contributed by atoms with E-state index in [4.69, 9.17) is 5.73 Å². The van der Waals surface area contributed by atoms with Crippen LogP contribution in [0.5, 0.6) is 0 Å². The molecule has 0 aliphatic heterocycles. The highest BCUT2D eigenvalue weighted by Gasteiger charge is 2.24. The van der Waals surface area contributed by atoms with Gasteiger partial charge in [0.05, 0.1) is 0 Å². The van der Waals surface area contributed by atoms with Crippen molar-refractivity contribution < 1.29 is 0 Å². The molecular formula is C13H22N2. The van der Waals surface area contributed by atoms with Crippen LogP contribution in [0.15, 0.2) is 18.3 Å². The number of aromatic nitrogens is 1. The molecular weight excluding hydrogens is 184 g/mol. The van der Waals surface area contributed by atoms with E-state index >= 15 is 0 Å². The molecule has 2 nitrogen and oxygen atoms in total. The molecule has 0 aliphatic rings. The predicted octanol–water partition coefficient (Wildman–Crippen LogP) is 3.52. The molecule has 0 fully saturated rings. The maximum atomic E-state index is 5.61. The molecule has 0 aliphatic carbocycles. The Morgan fingerprint density at radius 2 is 1.80 bits per heavy atom. The number of hydrogen-bond acceptors (Lipinski definition) is 2. The van der Waals surface area contributed by atoms with Crippen LogP contribution in [0.1, 0.15) is 52.0 Å². The second kappa shape index (κ2) is 5.15. The van der Waals surface area contributed by atoms with Gasteiger partial charge in [-0.2, -0.15) is 0 Å². The van der Waals surface area contributed by atoms with Crippen LogP contribution in [0.3, 0.4) is 0 Å². The lowest BCUT2D eigenvalue weighted by Gasteiger charge is -2.29. The summed E-state index contributed by atoms with van der Waals surface area (Å²) in [6.07, 6.45) is 6.78. The zero-order chi connectivity index (χ0) is 11.3. The van der Waals surface area contributed by atoms with E-state index in [-0.39, 0.29) is 5.41 Å². The standard InChI is InChI=1S/C13H22N2/c1-4-8-13(3,9-5-2)11-6-7-12(14)15-10-11/h6-7,10H,4-5,8-9H2,1-3H3,(H2,14,15). The fraction of sp³-hybridized carbons (Fsp3) is 0.615. The number of pyridine rings is 1. The molecule has 1 aromatic rings. The van der Waals surface area contributed by atoms with E-state index in [0.29, 0.717) is 5.82 Å². The summed E-state index contributed by atoms with van der Waals surface area (Å²) in [5, 5.41) is 0. The molecule has 15 heavy (non-hydrogen) atoms. The highest BCUT2D eigenvalue weighted by atomic mass is 14.8. The zero-order valence-corrected chi connectivity index (χ0v) is 10.1. The van der Waals surface area contributed by atoms with Gasteiger partial charge in [-0.1, -0.05) is 39.7 Å². The van der Waals surface area contributed by atoms with Crippen LogP contribution in [-0.4, -0.2) is 4.98 Å². The minimum atomic E-state index is 0.268. The van der Waals surface area contributed by atoms with E-state index in [9.17, 15) is 0 Å². The predicted molar refractivity (Wildman–Crippen MR) is 65.8 cm³/mol. The van der Waals surface area contributed by atoms with Gasteiger partial charge in [0, 0.05) is 6.20 Å². The lowest BCUT2D eigenvalue weighted by Crippen LogP contribution is -2.21. The van der Waals surface area contributed by atoms with Crippen LogP contribution < -0.4 is 5.73 Å². The maximum Gasteiger partial charge on any atom is 0.123 e. The van der Waals surface area contributed by atoms with E-state index in [1.54, 1.807) is 0 Å². The van der Waals surface area contributed by atoms with Gasteiger partial charge >= 0.3 is 0 Å². The third kappa shape index (κ3) is 2.95. The van der Waals surface area contributed by atoms with Crippen LogP contribution in [0.4, 0.5) is 5.82 Å². The second-order valence-electron chi connectivity index (χ2n) is 4.53. The number of nitrogens with zero attached hydrogens (tertiary/aromatic N) is 1. The van der Waals surface area contributed by atoms with Crippen molar-refractivity contribution in [2.45, 2.75) is 51.9 Å². The molecule has 84 valence electrons. The van der Waals surface area contributed by atoms with Crippen molar-refractivity contribution in [2.75, 3.05) is 5.73 Å². The Balaban J connectivity index is 2.92. The fourth-order valence-electron chi connectivity index (χ4n) is 2.28. The van der Waals surface area contributed by atoms with Crippen molar-refractivity contribution in [1.29, 1.82) is 0 Å². The Morgan fingerprint density at radius 1 is 1.20 bits per heavy atom. The first-order chi connectivity index (χ1) is 7.12. The Kier molecular flexibility index (Phi) is 4.13. The second-order valence-corrected chi connectivity index (χ2v) is 4.53. The summed E-state index contributed by atoms with van der Waals surface area (Å²) in [6, 6.07) is 4.02. The lowest BCUT2D eigenvalue weighted by molar-refractivity contribution is 0.391. The normalized spacial score (nSPS) is 11.7. The molecule has 0 spiro atoms. The number of rotatable bonds is 5. The maximum absolute atomic E-state index is 5.61. The molecule has 2 heteroatoms. The molecule has 2 N–H and O–H groups in total. The van der Waals surface area contributed by atoms with E-state index in [1.165, 1.54) is 31.2 Å². The topological polar surface area (TPSA) is 38.9 Å². The molecule has 0 saturated heterocycles. The molecule has 0 aromatic carbocycles. The SMILES string of the molecule is CCCC(C)(CCC)c1ccc(N)nc1. The van der Waals surface area contributed by atoms with Gasteiger partial charge in [0.25, 0.3) is 0 Å². The third-order valence-corrected chi connectivity index (χ3v) is 3.09. The van der Waals surface area contributed by atoms with E-state index in [1.807, 2.05) is 12.3 Å². The van der Waals surface area contributed by atoms with Gasteiger partial charge in [0.15, 0.2) is 0 Å². The summed E-state index contributed by atoms with van der Waals surface area (Å²) < 4.78 is 0. The molecule has 0 amide bonds. The van der Waals surface area contributed by atoms with Crippen molar-refractivity contribution >= 4 is 5.82 Å². The van der Waals surface area contributed by atoms with Crippen LogP contribution in [0.2, 0.25) is 0 Å². The monoisotopic (exact) mass is 206 g/mol. The summed E-state index contributed by atoms with van der Waals surface area (Å²) >= 11 is 0. The van der Waals surface area contributed by atoms with E-state index in [0.717, 1.165) is 0 Å². The summed E-state index contributed by atoms with van der Waals surface area (Å²) in [7, 11) is 0. The summed E-state index contributed by atoms with van der Waals surface area (Å²) in [6.45, 7) is 6.80. The van der Waals surface area contributed by atoms with Crippen LogP contribution in [0, 0.1) is 0 Å². The fourth-order valence-corrected chi connectivity index (χ4v) is 2.28. The molecule has 0 unspecified atom stereocenters. The van der Waals surface area contributed by atoms with Gasteiger partial charge in [0.2, 0.25) is 0 Å². The molecule has 0 radical (unpaired) electrons. The quantitative estimate of drug-likeness (QED) is 0.800. The number of anilines is 1. The van der Waals surface area contributed by atoms with E-state index in [2.05, 4.69) is 31.8 Å². The smallest absolute Gasteiger partial charge is 0.123 e. The van der Waals surface area contributed by atoms with Gasteiger partial charge in [0.1, 0.15) is 5.82 Å². The first-order valence-electron chi connectivity index (χ1n) is 5.84. The molecule has 1 aromatic heterocycles. The molecule has 0 saturated carbocycles. The highest BCUT2D eigenvalue weighted by molar-refractivity contribution is 5.32. The van der Waals surface area contributed by atoms with Gasteiger partial charge < -0.3 is 5.73 Å². The molecule has 0 atom stereocenters. The summed E-state index contributed by atoms with van der Waals surface area (Å²) in [5.74, 6) is 0.606. The van der Waals surface area contributed by atoms with Crippen molar-refractivity contribution in [3.8, 4) is 0 Å². The summed E-state index contributed by atoms with van der Waals surface area (Å²) in [4.78, 5) is 4.19. The minimum absolute atomic E-state index is 0.268. The zero-order valence-electron chi connectivity index (χ0n) is 10.1. The Bertz CT molecular complexity index is 284. The molecule has 1 rings (SSSR count). The number of nitrogens with two attached hydrogens (primary N) is 1. The van der Waals surface area contributed by atoms with Gasteiger partial charge in [-0.15, -0.1) is 0 Å². The average Bonchev–Trinajstić information content (AvgIpc) is 2.19. The average molecular weight is 206 g/mol. The van der Waals surface area contributed by atoms with Crippen molar-refractivity contribution in [3.05, 3.63) is 23.9 Å². The first-order valence-corrected chi connectivity index (χ1v) is 5.84. The molecule has 0 bridgehead atoms. The first kappa shape index (κ1) is 12.0. The van der Waals surface area contributed by atoms with Crippen LogP contribution >= 0.6 is 0 Å². The van der Waals surface area contributed by atoms with Gasteiger partial charge in [-0.3, -0.25) is 0 Å². The Hall–Kier alpha value is -1.05. The minimum Gasteiger partial charge on any atom is -0.384 e. The Morgan fingerprint density at radius 3 is 2.20 bits per heavy atom. The lowest BCUT2D eigenvalue weighted by atomic mass is 9.76. The van der Waals surface area contributed by atoms with Gasteiger partial charge in [-0.05, 0) is 29.9 Å². The van der Waals surface area contributed by atoms with Crippen molar-refractivity contribution in [2.24, 2.45) is 0 Å². The Labute approximate surface area is 92.9 Å². The van der Waals surface area contributed by atoms with Crippen molar-refractivity contribution in [3.63, 3.8) is 0 Å². The van der Waals surface area contributed by atoms with Crippen LogP contribution in [-0.2, 0) is 5.41 Å². The van der Waals surface area contributed by atoms with Crippen LogP contribution in [0.25, 0.3) is 0 Å². The molecule has 1 heterocycles. The van der Waals surface area contributed by atoms with E-state index < -0.39 is 0 Å². The van der Waals surface area contributed by atoms with Crippen molar-refractivity contribution in [1.82, 2.24) is 4.98 Å². The largest absolute Gasteiger partial charge is 0.384 e.